The first kappa shape index (κ1) is 14.9. The number of nitrogens with zero attached hydrogens (tertiary/aromatic N) is 2. The fourth-order valence-corrected chi connectivity index (χ4v) is 3.39. The van der Waals surface area contributed by atoms with Crippen LogP contribution in [0.2, 0.25) is 0 Å². The third-order valence-corrected chi connectivity index (χ3v) is 4.37. The lowest BCUT2D eigenvalue weighted by atomic mass is 9.99. The van der Waals surface area contributed by atoms with Gasteiger partial charge in [0.1, 0.15) is 0 Å². The second kappa shape index (κ2) is 6.13. The van der Waals surface area contributed by atoms with E-state index in [9.17, 15) is 13.5 Å². The average Bonchev–Trinajstić information content (AvgIpc) is 2.15. The Morgan fingerprint density at radius 2 is 2.18 bits per heavy atom. The van der Waals surface area contributed by atoms with Gasteiger partial charge in [-0.25, -0.2) is 12.7 Å². The van der Waals surface area contributed by atoms with Crippen molar-refractivity contribution >= 4 is 10.0 Å². The van der Waals surface area contributed by atoms with Crippen molar-refractivity contribution in [2.45, 2.75) is 25.9 Å². The molecule has 0 bridgehead atoms. The van der Waals surface area contributed by atoms with E-state index in [1.807, 2.05) is 7.05 Å². The third kappa shape index (κ3) is 5.33. The quantitative estimate of drug-likeness (QED) is 0.757. The zero-order valence-corrected chi connectivity index (χ0v) is 11.8. The smallest absolute Gasteiger partial charge is 0.211 e. The van der Waals surface area contributed by atoms with Crippen LogP contribution in [0.4, 0.5) is 0 Å². The Bertz CT molecular complexity index is 330. The Kier molecular flexibility index (Phi) is 5.37. The molecule has 0 radical (unpaired) electrons. The van der Waals surface area contributed by atoms with Gasteiger partial charge in [0.25, 0.3) is 0 Å². The lowest BCUT2D eigenvalue weighted by Gasteiger charge is -2.33. The van der Waals surface area contributed by atoms with Crippen molar-refractivity contribution in [1.82, 2.24) is 9.21 Å². The molecule has 0 aliphatic carbocycles. The summed E-state index contributed by atoms with van der Waals surface area (Å²) in [6.45, 7) is 4.50. The van der Waals surface area contributed by atoms with E-state index in [1.54, 1.807) is 11.2 Å². The first-order valence-electron chi connectivity index (χ1n) is 6.10. The summed E-state index contributed by atoms with van der Waals surface area (Å²) in [5.74, 6) is 0.377. The van der Waals surface area contributed by atoms with Crippen LogP contribution in [-0.2, 0) is 10.0 Å². The largest absolute Gasteiger partial charge is 0.392 e. The zero-order valence-electron chi connectivity index (χ0n) is 11.0. The molecule has 0 saturated carbocycles. The normalized spacial score (nSPS) is 25.1. The highest BCUT2D eigenvalue weighted by molar-refractivity contribution is 7.88. The van der Waals surface area contributed by atoms with Crippen LogP contribution in [0.5, 0.6) is 0 Å². The van der Waals surface area contributed by atoms with Crippen LogP contribution in [0.1, 0.15) is 19.8 Å². The summed E-state index contributed by atoms with van der Waals surface area (Å²) in [7, 11) is -1.09. The lowest BCUT2D eigenvalue weighted by molar-refractivity contribution is 0.121. The molecule has 0 aromatic rings. The highest BCUT2D eigenvalue weighted by atomic mass is 32.2. The molecule has 6 heteroatoms. The summed E-state index contributed by atoms with van der Waals surface area (Å²) in [6, 6.07) is 0. The van der Waals surface area contributed by atoms with Crippen molar-refractivity contribution in [3.05, 3.63) is 0 Å². The molecule has 0 aromatic carbocycles. The monoisotopic (exact) mass is 264 g/mol. The van der Waals surface area contributed by atoms with Crippen LogP contribution in [0.3, 0.4) is 0 Å². The standard InChI is InChI=1S/C11H24N2O3S/c1-10(14)7-12(2)8-11-5-4-6-13(9-11)17(3,15)16/h10-11,14H,4-9H2,1-3H3. The molecule has 5 nitrogen and oxygen atoms in total. The highest BCUT2D eigenvalue weighted by Crippen LogP contribution is 2.19. The molecule has 1 rings (SSSR count). The van der Waals surface area contributed by atoms with E-state index in [1.165, 1.54) is 6.26 Å². The molecule has 1 saturated heterocycles. The summed E-state index contributed by atoms with van der Waals surface area (Å²) >= 11 is 0. The van der Waals surface area contributed by atoms with Crippen LogP contribution in [0.15, 0.2) is 0 Å². The van der Waals surface area contributed by atoms with Crippen LogP contribution < -0.4 is 0 Å². The van der Waals surface area contributed by atoms with E-state index >= 15 is 0 Å². The zero-order chi connectivity index (χ0) is 13.1. The number of sulfonamides is 1. The van der Waals surface area contributed by atoms with Gasteiger partial charge in [-0.15, -0.1) is 0 Å². The summed E-state index contributed by atoms with van der Waals surface area (Å²) < 4.78 is 24.5. The van der Waals surface area contributed by atoms with Gasteiger partial charge in [0.2, 0.25) is 10.0 Å². The van der Waals surface area contributed by atoms with Crippen molar-refractivity contribution in [1.29, 1.82) is 0 Å². The fraction of sp³-hybridized carbons (Fsp3) is 1.00. The van der Waals surface area contributed by atoms with Crippen molar-refractivity contribution in [2.75, 3.05) is 39.5 Å². The van der Waals surface area contributed by atoms with E-state index in [0.717, 1.165) is 19.4 Å². The maximum Gasteiger partial charge on any atom is 0.211 e. The Balaban J connectivity index is 2.45. The van der Waals surface area contributed by atoms with E-state index < -0.39 is 10.0 Å². The van der Waals surface area contributed by atoms with Gasteiger partial charge in [0.05, 0.1) is 12.4 Å². The van der Waals surface area contributed by atoms with Crippen LogP contribution in [0, 0.1) is 5.92 Å². The summed E-state index contributed by atoms with van der Waals surface area (Å²) in [4.78, 5) is 2.07. The Morgan fingerprint density at radius 3 is 2.71 bits per heavy atom. The predicted molar refractivity (Wildman–Crippen MR) is 68.3 cm³/mol. The molecule has 1 N–H and O–H groups in total. The number of piperidine rings is 1. The van der Waals surface area contributed by atoms with Gasteiger partial charge in [-0.05, 0) is 32.7 Å². The Hall–Kier alpha value is -0.170. The molecular weight excluding hydrogens is 240 g/mol. The first-order chi connectivity index (χ1) is 7.79. The van der Waals surface area contributed by atoms with Gasteiger partial charge in [0, 0.05) is 26.2 Å². The van der Waals surface area contributed by atoms with Gasteiger partial charge in [-0.3, -0.25) is 0 Å². The second-order valence-corrected chi connectivity index (χ2v) is 7.18. The lowest BCUT2D eigenvalue weighted by Crippen LogP contribution is -2.43. The SMILES string of the molecule is CC(O)CN(C)CC1CCCN(S(C)(=O)=O)C1. The molecule has 1 fully saturated rings. The van der Waals surface area contributed by atoms with Crippen molar-refractivity contribution in [2.24, 2.45) is 5.92 Å². The minimum absolute atomic E-state index is 0.338. The van der Waals surface area contributed by atoms with Crippen molar-refractivity contribution in [3.8, 4) is 0 Å². The minimum Gasteiger partial charge on any atom is -0.392 e. The van der Waals surface area contributed by atoms with Crippen LogP contribution >= 0.6 is 0 Å². The maximum absolute atomic E-state index is 11.5. The number of hydrogen-bond acceptors (Lipinski definition) is 4. The van der Waals surface area contributed by atoms with Gasteiger partial charge in [-0.1, -0.05) is 0 Å². The van der Waals surface area contributed by atoms with E-state index in [0.29, 0.717) is 25.6 Å². The average molecular weight is 264 g/mol. The summed E-state index contributed by atoms with van der Waals surface area (Å²) in [5, 5.41) is 9.29. The molecule has 1 aliphatic heterocycles. The number of likely N-dealkylation sites (N-methyl/N-ethyl adjacent to an activating group) is 1. The molecule has 0 amide bonds. The molecule has 2 unspecified atom stereocenters. The molecular formula is C11H24N2O3S. The van der Waals surface area contributed by atoms with E-state index in [4.69, 9.17) is 0 Å². The second-order valence-electron chi connectivity index (χ2n) is 5.20. The molecule has 17 heavy (non-hydrogen) atoms. The number of aliphatic hydroxyl groups excluding tert-OH is 1. The Labute approximate surface area is 104 Å². The van der Waals surface area contributed by atoms with Gasteiger partial charge >= 0.3 is 0 Å². The topological polar surface area (TPSA) is 60.9 Å². The molecule has 0 spiro atoms. The van der Waals surface area contributed by atoms with Gasteiger partial charge in [0.15, 0.2) is 0 Å². The van der Waals surface area contributed by atoms with E-state index in [-0.39, 0.29) is 6.10 Å². The van der Waals surface area contributed by atoms with Crippen molar-refractivity contribution in [3.63, 3.8) is 0 Å². The van der Waals surface area contributed by atoms with E-state index in [2.05, 4.69) is 4.90 Å². The summed E-state index contributed by atoms with van der Waals surface area (Å²) in [5.41, 5.74) is 0. The fourth-order valence-electron chi connectivity index (χ4n) is 2.44. The molecule has 1 aliphatic rings. The molecule has 0 aromatic heterocycles. The first-order valence-corrected chi connectivity index (χ1v) is 7.95. The predicted octanol–water partition coefficient (Wildman–Crippen LogP) is -0.0294. The highest BCUT2D eigenvalue weighted by Gasteiger charge is 2.26. The van der Waals surface area contributed by atoms with Gasteiger partial charge in [-0.2, -0.15) is 0 Å². The number of rotatable bonds is 5. The van der Waals surface area contributed by atoms with Gasteiger partial charge < -0.3 is 10.0 Å². The molecule has 1 heterocycles. The van der Waals surface area contributed by atoms with Crippen molar-refractivity contribution < 1.29 is 13.5 Å². The minimum atomic E-state index is -3.05. The molecule has 102 valence electrons. The van der Waals surface area contributed by atoms with Crippen LogP contribution in [-0.4, -0.2) is 68.3 Å². The maximum atomic E-state index is 11.5. The summed E-state index contributed by atoms with van der Waals surface area (Å²) in [6.07, 6.45) is 2.93. The number of aliphatic hydroxyl groups is 1. The van der Waals surface area contributed by atoms with Crippen LogP contribution in [0.25, 0.3) is 0 Å². The molecule has 2 atom stereocenters. The Morgan fingerprint density at radius 1 is 1.53 bits per heavy atom. The third-order valence-electron chi connectivity index (χ3n) is 3.10. The number of hydrogen-bond donors (Lipinski definition) is 1.